The fraction of sp³-hybridized carbons (Fsp3) is 0.737. The van der Waals surface area contributed by atoms with Crippen molar-refractivity contribution >= 4 is 40.7 Å². The maximum absolute atomic E-state index is 12.4. The van der Waals surface area contributed by atoms with Crippen molar-refractivity contribution < 1.29 is 9.84 Å². The van der Waals surface area contributed by atoms with Crippen LogP contribution in [0.3, 0.4) is 0 Å². The number of allylic oxidation sites excluding steroid dienone is 1. The van der Waals surface area contributed by atoms with Crippen LogP contribution in [-0.2, 0) is 4.74 Å². The van der Waals surface area contributed by atoms with Gasteiger partial charge in [0.15, 0.2) is 5.11 Å². The first-order valence-corrected chi connectivity index (χ1v) is 18.1. The molecule has 1 saturated heterocycles. The van der Waals surface area contributed by atoms with Gasteiger partial charge in [0, 0.05) is 10.4 Å². The Bertz CT molecular complexity index is 1410. The van der Waals surface area contributed by atoms with Crippen molar-refractivity contribution in [1.29, 1.82) is 0 Å². The maximum Gasteiger partial charge on any atom is 0.184 e. The van der Waals surface area contributed by atoms with Crippen molar-refractivity contribution in [1.82, 2.24) is 5.43 Å². The summed E-state index contributed by atoms with van der Waals surface area (Å²) >= 11 is 11.4. The Labute approximate surface area is 282 Å². The predicted molar refractivity (Wildman–Crippen MR) is 190 cm³/mol. The molecule has 0 unspecified atom stereocenters. The second kappa shape index (κ2) is 11.0. The van der Waals surface area contributed by atoms with Crippen LogP contribution in [0.5, 0.6) is 0 Å². The van der Waals surface area contributed by atoms with Gasteiger partial charge in [0.2, 0.25) is 0 Å². The Kier molecular flexibility index (Phi) is 8.20. The minimum atomic E-state index is -0.334. The third kappa shape index (κ3) is 5.23. The van der Waals surface area contributed by atoms with E-state index in [0.29, 0.717) is 17.8 Å². The number of hydrogen-bond acceptors (Lipinski definition) is 4. The van der Waals surface area contributed by atoms with E-state index in [0.717, 1.165) is 61.2 Å². The molecule has 0 aromatic heterocycles. The van der Waals surface area contributed by atoms with Gasteiger partial charge in [0.1, 0.15) is 0 Å². The van der Waals surface area contributed by atoms with Gasteiger partial charge in [0.05, 0.1) is 23.0 Å². The molecule has 5 fully saturated rings. The average Bonchev–Trinajstić information content (AvgIpc) is 3.31. The van der Waals surface area contributed by atoms with Gasteiger partial charge in [-0.3, -0.25) is 5.43 Å². The van der Waals surface area contributed by atoms with Gasteiger partial charge >= 0.3 is 0 Å². The first kappa shape index (κ1) is 33.4. The highest BCUT2D eigenvalue weighted by molar-refractivity contribution is 7.80. The molecule has 4 N–H and O–H groups in total. The lowest BCUT2D eigenvalue weighted by atomic mass is 9.34. The number of halogens is 1. The van der Waals surface area contributed by atoms with E-state index in [1.807, 2.05) is 12.1 Å². The number of hydrogen-bond donors (Lipinski definition) is 3. The molecule has 5 aliphatic rings. The minimum Gasteiger partial charge on any atom is -0.393 e. The highest BCUT2D eigenvalue weighted by Gasteiger charge is 2.72. The van der Waals surface area contributed by atoms with Gasteiger partial charge in [-0.05, 0) is 160 Å². The zero-order valence-electron chi connectivity index (χ0n) is 28.8. The molecule has 45 heavy (non-hydrogen) atoms. The monoisotopic (exact) mass is 653 g/mol. The summed E-state index contributed by atoms with van der Waals surface area (Å²) in [6, 6.07) is 8.04. The van der Waals surface area contributed by atoms with E-state index in [-0.39, 0.29) is 50.0 Å². The normalized spacial score (nSPS) is 45.4. The van der Waals surface area contributed by atoms with E-state index in [9.17, 15) is 5.11 Å². The summed E-state index contributed by atoms with van der Waals surface area (Å²) in [5, 5.41) is 18.1. The molecular formula is C38H56ClN3O2S. The number of nitrogens with zero attached hydrogens (tertiary/aromatic N) is 1. The molecule has 9 atom stereocenters. The Morgan fingerprint density at radius 3 is 2.29 bits per heavy atom. The van der Waals surface area contributed by atoms with Gasteiger partial charge in [-0.2, -0.15) is 5.10 Å². The average molecular weight is 654 g/mol. The minimum absolute atomic E-state index is 0.0166. The van der Waals surface area contributed by atoms with Crippen molar-refractivity contribution in [3.05, 3.63) is 40.4 Å². The van der Waals surface area contributed by atoms with Crippen LogP contribution in [0.4, 0.5) is 0 Å². The van der Waals surface area contributed by atoms with Gasteiger partial charge in [0.25, 0.3) is 0 Å². The van der Waals surface area contributed by atoms with Crippen molar-refractivity contribution in [3.8, 4) is 0 Å². The molecule has 0 radical (unpaired) electrons. The van der Waals surface area contributed by atoms with E-state index in [1.54, 1.807) is 0 Å². The zero-order chi connectivity index (χ0) is 32.8. The SMILES string of the molecule is CC1(C)CCC[C@](C)([C@H]2CC[C@]3(C)[C@@H]2[C@H](O)C[C@@H]2[C@@]4(C)CC(=C\c5ccc(Cl)cc5)/C(=N\NC(N)=S)C(C)(C)[C@@H]4CC[C@]23C)O1. The molecule has 0 amide bonds. The van der Waals surface area contributed by atoms with Crippen molar-refractivity contribution in [2.75, 3.05) is 0 Å². The Morgan fingerprint density at radius 2 is 1.64 bits per heavy atom. The van der Waals surface area contributed by atoms with Crippen LogP contribution < -0.4 is 11.2 Å². The summed E-state index contributed by atoms with van der Waals surface area (Å²) in [6.07, 6.45) is 11.7. The van der Waals surface area contributed by atoms with E-state index in [1.165, 1.54) is 18.4 Å². The Morgan fingerprint density at radius 1 is 0.978 bits per heavy atom. The molecule has 0 bridgehead atoms. The van der Waals surface area contributed by atoms with Crippen molar-refractivity contribution in [2.45, 2.75) is 130 Å². The Hall–Kier alpha value is -1.47. The van der Waals surface area contributed by atoms with Gasteiger partial charge in [-0.15, -0.1) is 0 Å². The van der Waals surface area contributed by atoms with Crippen LogP contribution in [0.1, 0.15) is 119 Å². The summed E-state index contributed by atoms with van der Waals surface area (Å²) in [7, 11) is 0. The topological polar surface area (TPSA) is 79.9 Å². The first-order valence-electron chi connectivity index (χ1n) is 17.3. The second-order valence-electron chi connectivity index (χ2n) is 17.5. The summed E-state index contributed by atoms with van der Waals surface area (Å²) in [5.74, 6) is 1.42. The largest absolute Gasteiger partial charge is 0.393 e. The summed E-state index contributed by atoms with van der Waals surface area (Å²) in [4.78, 5) is 0. The number of aliphatic hydroxyl groups is 1. The van der Waals surface area contributed by atoms with Crippen LogP contribution in [-0.4, -0.2) is 33.2 Å². The van der Waals surface area contributed by atoms with Crippen molar-refractivity contribution in [2.24, 2.45) is 56.2 Å². The van der Waals surface area contributed by atoms with E-state index >= 15 is 0 Å². The zero-order valence-corrected chi connectivity index (χ0v) is 30.4. The smallest absolute Gasteiger partial charge is 0.184 e. The van der Waals surface area contributed by atoms with Gasteiger partial charge in [-0.25, -0.2) is 0 Å². The number of benzene rings is 1. The molecular weight excluding hydrogens is 598 g/mol. The molecule has 1 aromatic carbocycles. The van der Waals surface area contributed by atoms with Crippen LogP contribution in [0.25, 0.3) is 6.08 Å². The van der Waals surface area contributed by atoms with Crippen LogP contribution in [0.15, 0.2) is 34.9 Å². The van der Waals surface area contributed by atoms with Gasteiger partial charge < -0.3 is 15.6 Å². The van der Waals surface area contributed by atoms with E-state index in [2.05, 4.69) is 79.0 Å². The third-order valence-corrected chi connectivity index (χ3v) is 14.6. The lowest BCUT2D eigenvalue weighted by Crippen LogP contribution is -2.66. The fourth-order valence-electron chi connectivity index (χ4n) is 12.4. The maximum atomic E-state index is 12.4. The lowest BCUT2D eigenvalue weighted by molar-refractivity contribution is -0.243. The molecule has 1 aliphatic heterocycles. The molecule has 1 heterocycles. The standard InChI is InChI=1S/C38H56ClN3O2S/c1-33(2)16-9-17-38(8,44-33)26-14-18-37(7)30(26)27(43)21-29-35(5)22-24(20-23-10-12-25(39)13-11-23)31(41-42-32(40)45)34(3,4)28(35)15-19-36(29,37)6/h10-13,20,26-30,43H,9,14-19,21-22H2,1-8H3,(H3,40,42,45)/b24-20+,41-31+/t26-,27+,28-,29+,30-,35-,36+,37+,38+/m0/s1. The third-order valence-electron chi connectivity index (χ3n) is 14.2. The molecule has 4 saturated carbocycles. The second-order valence-corrected chi connectivity index (χ2v) is 18.4. The molecule has 5 nitrogen and oxygen atoms in total. The number of thiocarbonyl (C=S) groups is 1. The molecule has 4 aliphatic carbocycles. The summed E-state index contributed by atoms with van der Waals surface area (Å²) in [5.41, 5.74) is 11.8. The quantitative estimate of drug-likeness (QED) is 0.224. The number of rotatable bonds is 3. The number of fused-ring (bicyclic) bond motifs is 5. The molecule has 7 heteroatoms. The fourth-order valence-corrected chi connectivity index (χ4v) is 12.6. The Balaban J connectivity index is 1.41. The first-order chi connectivity index (χ1) is 20.9. The highest BCUT2D eigenvalue weighted by Crippen LogP contribution is 2.76. The molecule has 6 rings (SSSR count). The number of nitrogens with two attached hydrogens (primary N) is 1. The van der Waals surface area contributed by atoms with Crippen molar-refractivity contribution in [3.63, 3.8) is 0 Å². The summed E-state index contributed by atoms with van der Waals surface area (Å²) in [6.45, 7) is 19.3. The number of nitrogens with one attached hydrogen (secondary N) is 1. The van der Waals surface area contributed by atoms with Gasteiger partial charge in [-0.1, -0.05) is 58.4 Å². The van der Waals surface area contributed by atoms with Crippen LogP contribution in [0.2, 0.25) is 5.02 Å². The van der Waals surface area contributed by atoms with E-state index in [4.69, 9.17) is 39.4 Å². The molecule has 0 spiro atoms. The number of ether oxygens (including phenoxy) is 1. The molecule has 248 valence electrons. The number of hydrazone groups is 1. The predicted octanol–water partition coefficient (Wildman–Crippen LogP) is 8.92. The highest BCUT2D eigenvalue weighted by atomic mass is 35.5. The molecule has 1 aromatic rings. The van der Waals surface area contributed by atoms with Crippen LogP contribution >= 0.6 is 23.8 Å². The van der Waals surface area contributed by atoms with Crippen LogP contribution in [0, 0.1) is 45.3 Å². The number of aliphatic hydroxyl groups excluding tert-OH is 1. The lowest BCUT2D eigenvalue weighted by Gasteiger charge is -2.70. The summed E-state index contributed by atoms with van der Waals surface area (Å²) < 4.78 is 6.96. The van der Waals surface area contributed by atoms with E-state index < -0.39 is 0 Å².